The van der Waals surface area contributed by atoms with Crippen LogP contribution in [0.2, 0.25) is 0 Å². The van der Waals surface area contributed by atoms with Gasteiger partial charge in [-0.3, -0.25) is 28.9 Å². The number of nitriles is 1. The molecule has 3 aliphatic carbocycles. The Morgan fingerprint density at radius 3 is 2.24 bits per heavy atom. The molecule has 12 nitrogen and oxygen atoms in total. The zero-order chi connectivity index (χ0) is 31.1. The molecule has 42 heavy (non-hydrogen) atoms. The van der Waals surface area contributed by atoms with E-state index in [4.69, 9.17) is 17.2 Å². The van der Waals surface area contributed by atoms with E-state index < -0.39 is 81.1 Å². The highest BCUT2D eigenvalue weighted by molar-refractivity contribution is 6.34. The summed E-state index contributed by atoms with van der Waals surface area (Å²) in [5, 5.41) is 33.4. The number of carbonyl (C=O) groups excluding carboxylic acids is 5. The summed E-state index contributed by atoms with van der Waals surface area (Å²) in [4.78, 5) is 69.5. The standard InChI is InChI=1S/C29H26FN5O7/c1-35(2)22-21(38)18(25(32)41)23(39)27(11-31)24(40)19-20(37)17-14(4-3-5-16(17)36)15(10-12-6-8-13(30)9-7-12)28(19,33)26(42)29(22,27)34/h3-10,18-19,22,26,36,42H,33-34H2,1-2H3,(H2,32,41)/t18?,19?,22-,26+,27+,28+,29+/m1/s1. The van der Waals surface area contributed by atoms with Crippen LogP contribution in [0.1, 0.15) is 21.5 Å². The number of fused-ring (bicyclic) bond motifs is 3. The Labute approximate surface area is 238 Å². The van der Waals surface area contributed by atoms with E-state index in [1.807, 2.05) is 0 Å². The van der Waals surface area contributed by atoms with Crippen molar-refractivity contribution in [3.8, 4) is 11.8 Å². The van der Waals surface area contributed by atoms with Crippen molar-refractivity contribution in [1.29, 1.82) is 5.26 Å². The Morgan fingerprint density at radius 2 is 1.69 bits per heavy atom. The molecule has 2 saturated carbocycles. The van der Waals surface area contributed by atoms with Gasteiger partial charge in [-0.2, -0.15) is 5.26 Å². The van der Waals surface area contributed by atoms with Gasteiger partial charge in [0.1, 0.15) is 23.0 Å². The fraction of sp³-hybridized carbons (Fsp3) is 0.310. The SMILES string of the molecule is CN(C)[C@@H]1C(=O)C(C(N)=O)C(=O)[C@@]2(C#N)C(=O)C3C(=O)c4c(O)cccc4C(=Cc4ccc(F)cc4)[C@@]3(N)[C@H](O)[C@@]12N. The molecule has 3 aliphatic rings. The molecule has 5 rings (SSSR count). The second-order valence-corrected chi connectivity index (χ2v) is 11.1. The number of hydrogen-bond acceptors (Lipinski definition) is 11. The maximum absolute atomic E-state index is 14.6. The average molecular weight is 576 g/mol. The van der Waals surface area contributed by atoms with E-state index in [9.17, 15) is 43.8 Å². The van der Waals surface area contributed by atoms with Crippen LogP contribution < -0.4 is 17.2 Å². The summed E-state index contributed by atoms with van der Waals surface area (Å²) in [5.41, 5.74) is 10.4. The molecule has 0 radical (unpaired) electrons. The van der Waals surface area contributed by atoms with Crippen LogP contribution in [0.25, 0.3) is 11.6 Å². The monoisotopic (exact) mass is 575 g/mol. The lowest BCUT2D eigenvalue weighted by molar-refractivity contribution is -0.176. The molecular formula is C29H26FN5O7. The number of hydrogen-bond donors (Lipinski definition) is 5. The van der Waals surface area contributed by atoms with Gasteiger partial charge in [0, 0.05) is 0 Å². The first-order valence-electron chi connectivity index (χ1n) is 12.7. The topological polar surface area (TPSA) is 231 Å². The van der Waals surface area contributed by atoms with E-state index in [0.717, 1.165) is 17.0 Å². The maximum Gasteiger partial charge on any atom is 0.235 e. The van der Waals surface area contributed by atoms with E-state index in [0.29, 0.717) is 5.56 Å². The van der Waals surface area contributed by atoms with Crippen LogP contribution in [0.15, 0.2) is 42.5 Å². The molecule has 2 aromatic rings. The molecule has 0 bridgehead atoms. The Morgan fingerprint density at radius 1 is 1.07 bits per heavy atom. The fourth-order valence-corrected chi connectivity index (χ4v) is 6.96. The number of aliphatic hydroxyl groups excluding tert-OH is 1. The molecule has 0 saturated heterocycles. The number of carbonyl (C=O) groups is 5. The molecule has 0 spiro atoms. The fourth-order valence-electron chi connectivity index (χ4n) is 6.96. The van der Waals surface area contributed by atoms with Crippen LogP contribution in [0, 0.1) is 34.4 Å². The lowest BCUT2D eigenvalue weighted by atomic mass is 9.41. The smallest absolute Gasteiger partial charge is 0.235 e. The normalized spacial score (nSPS) is 35.0. The minimum atomic E-state index is -3.14. The molecule has 2 unspecified atom stereocenters. The number of likely N-dealkylation sites (N-methyl/N-ethyl adjacent to an activating group) is 1. The van der Waals surface area contributed by atoms with E-state index in [1.165, 1.54) is 50.5 Å². The van der Waals surface area contributed by atoms with Crippen molar-refractivity contribution >= 4 is 40.7 Å². The highest BCUT2D eigenvalue weighted by atomic mass is 19.1. The Kier molecular flexibility index (Phi) is 6.33. The molecule has 7 atom stereocenters. The van der Waals surface area contributed by atoms with Gasteiger partial charge in [-0.15, -0.1) is 0 Å². The summed E-state index contributed by atoms with van der Waals surface area (Å²) in [6.07, 6.45) is -0.993. The summed E-state index contributed by atoms with van der Waals surface area (Å²) in [6.45, 7) is 0. The van der Waals surface area contributed by atoms with E-state index in [2.05, 4.69) is 0 Å². The zero-order valence-corrected chi connectivity index (χ0v) is 22.4. The van der Waals surface area contributed by atoms with E-state index in [-0.39, 0.29) is 16.7 Å². The molecule has 0 aliphatic heterocycles. The first-order chi connectivity index (χ1) is 19.6. The van der Waals surface area contributed by atoms with Gasteiger partial charge in [0.05, 0.1) is 29.3 Å². The number of aromatic hydroxyl groups is 1. The summed E-state index contributed by atoms with van der Waals surface area (Å²) in [5.74, 6) is -12.4. The summed E-state index contributed by atoms with van der Waals surface area (Å²) < 4.78 is 13.7. The lowest BCUT2D eigenvalue weighted by Gasteiger charge is -2.63. The predicted octanol–water partition coefficient (Wildman–Crippen LogP) is -1.08. The third-order valence-corrected chi connectivity index (χ3v) is 8.76. The predicted molar refractivity (Wildman–Crippen MR) is 143 cm³/mol. The first kappa shape index (κ1) is 28.9. The minimum absolute atomic E-state index is 0.00661. The van der Waals surface area contributed by atoms with E-state index >= 15 is 0 Å². The number of Topliss-reactive ketones (excluding diaryl/α,β-unsaturated/α-hetero) is 4. The zero-order valence-electron chi connectivity index (χ0n) is 22.4. The van der Waals surface area contributed by atoms with Gasteiger partial charge in [-0.25, -0.2) is 4.39 Å². The van der Waals surface area contributed by atoms with Gasteiger partial charge in [-0.1, -0.05) is 24.3 Å². The van der Waals surface area contributed by atoms with E-state index in [1.54, 1.807) is 6.07 Å². The van der Waals surface area contributed by atoms with Crippen molar-refractivity contribution in [3.63, 3.8) is 0 Å². The average Bonchev–Trinajstić information content (AvgIpc) is 2.90. The van der Waals surface area contributed by atoms with Gasteiger partial charge in [-0.05, 0) is 55.1 Å². The number of nitrogens with two attached hydrogens (primary N) is 3. The third kappa shape index (κ3) is 3.26. The number of primary amides is 1. The number of rotatable bonds is 3. The number of benzene rings is 2. The molecule has 13 heteroatoms. The molecule has 0 aromatic heterocycles. The molecule has 216 valence electrons. The molecule has 2 fully saturated rings. The van der Waals surface area contributed by atoms with Crippen molar-refractivity contribution < 1.29 is 38.6 Å². The van der Waals surface area contributed by atoms with Crippen LogP contribution in [-0.2, 0) is 19.2 Å². The maximum atomic E-state index is 14.6. The number of halogens is 1. The molecule has 1 amide bonds. The number of amides is 1. The van der Waals surface area contributed by atoms with Crippen molar-refractivity contribution in [2.75, 3.05) is 14.1 Å². The van der Waals surface area contributed by atoms with Crippen molar-refractivity contribution in [2.45, 2.75) is 23.2 Å². The molecular weight excluding hydrogens is 549 g/mol. The largest absolute Gasteiger partial charge is 0.507 e. The van der Waals surface area contributed by atoms with Crippen molar-refractivity contribution in [3.05, 3.63) is 65.0 Å². The number of nitrogens with zero attached hydrogens (tertiary/aromatic N) is 2. The number of aliphatic hydroxyl groups is 1. The number of phenolic OH excluding ortho intramolecular Hbond substituents is 1. The van der Waals surface area contributed by atoms with Crippen LogP contribution >= 0.6 is 0 Å². The van der Waals surface area contributed by atoms with Gasteiger partial charge < -0.3 is 27.4 Å². The highest BCUT2D eigenvalue weighted by Crippen LogP contribution is 2.59. The lowest BCUT2D eigenvalue weighted by Crippen LogP contribution is -2.91. The summed E-state index contributed by atoms with van der Waals surface area (Å²) >= 11 is 0. The van der Waals surface area contributed by atoms with Crippen LogP contribution in [0.3, 0.4) is 0 Å². The highest BCUT2D eigenvalue weighted by Gasteiger charge is 2.82. The van der Waals surface area contributed by atoms with Crippen molar-refractivity contribution in [1.82, 2.24) is 4.90 Å². The van der Waals surface area contributed by atoms with Gasteiger partial charge >= 0.3 is 0 Å². The van der Waals surface area contributed by atoms with Gasteiger partial charge in [0.15, 0.2) is 34.5 Å². The molecule has 2 aromatic carbocycles. The Hall–Kier alpha value is -4.61. The minimum Gasteiger partial charge on any atom is -0.507 e. The molecule has 8 N–H and O–H groups in total. The Bertz CT molecular complexity index is 1680. The van der Waals surface area contributed by atoms with Crippen LogP contribution in [-0.4, -0.2) is 81.5 Å². The van der Waals surface area contributed by atoms with Crippen LogP contribution in [0.4, 0.5) is 4.39 Å². The number of ketones is 4. The third-order valence-electron chi connectivity index (χ3n) is 8.76. The molecule has 0 heterocycles. The van der Waals surface area contributed by atoms with Crippen LogP contribution in [0.5, 0.6) is 5.75 Å². The number of phenols is 1. The van der Waals surface area contributed by atoms with Gasteiger partial charge in [0.2, 0.25) is 5.91 Å². The second-order valence-electron chi connectivity index (χ2n) is 11.1. The van der Waals surface area contributed by atoms with Gasteiger partial charge in [0.25, 0.3) is 0 Å². The Balaban J connectivity index is 1.92. The summed E-state index contributed by atoms with van der Waals surface area (Å²) in [7, 11) is 2.63. The second kappa shape index (κ2) is 9.20. The summed E-state index contributed by atoms with van der Waals surface area (Å²) in [6, 6.07) is 8.62. The quantitative estimate of drug-likeness (QED) is 0.276. The first-order valence-corrected chi connectivity index (χ1v) is 12.7. The van der Waals surface area contributed by atoms with Crippen molar-refractivity contribution in [2.24, 2.45) is 34.5 Å².